The van der Waals surface area contributed by atoms with Crippen LogP contribution in [0.4, 0.5) is 0 Å². The van der Waals surface area contributed by atoms with Crippen molar-refractivity contribution in [3.8, 4) is 5.75 Å². The molecule has 0 heterocycles. The first kappa shape index (κ1) is 27.4. The molecule has 0 radical (unpaired) electrons. The Kier molecular flexibility index (Phi) is 11.5. The van der Waals surface area contributed by atoms with Crippen molar-refractivity contribution in [2.75, 3.05) is 13.1 Å². The first-order chi connectivity index (χ1) is 17.6. The summed E-state index contributed by atoms with van der Waals surface area (Å²) in [4.78, 5) is 13.6. The van der Waals surface area contributed by atoms with Gasteiger partial charge in [-0.3, -0.25) is 4.90 Å². The van der Waals surface area contributed by atoms with Crippen LogP contribution in [0.2, 0.25) is 0 Å². The van der Waals surface area contributed by atoms with Crippen LogP contribution in [0.5, 0.6) is 5.75 Å². The van der Waals surface area contributed by atoms with Crippen LogP contribution in [0, 0.1) is 0 Å². The van der Waals surface area contributed by atoms with Crippen molar-refractivity contribution in [3.63, 3.8) is 0 Å². The molecule has 0 aromatic heterocycles. The second-order valence-electron chi connectivity index (χ2n) is 9.27. The Hall–Kier alpha value is -3.15. The lowest BCUT2D eigenvalue weighted by molar-refractivity contribution is 0.00383. The fourth-order valence-corrected chi connectivity index (χ4v) is 4.32. The highest BCUT2D eigenvalue weighted by Gasteiger charge is 2.16. The molecular weight excluding hydrogens is 450 g/mol. The van der Waals surface area contributed by atoms with E-state index in [0.29, 0.717) is 17.7 Å². The number of carbonyl (C=O) groups is 1. The molecular formula is C31H39NO4. The average Bonchev–Trinajstić information content (AvgIpc) is 2.90. The van der Waals surface area contributed by atoms with Crippen LogP contribution in [-0.4, -0.2) is 40.4 Å². The monoisotopic (exact) mass is 489 g/mol. The number of ether oxygens (including phenoxy) is 1. The summed E-state index contributed by atoms with van der Waals surface area (Å²) in [6.45, 7) is 4.13. The third-order valence-electron chi connectivity index (χ3n) is 6.48. The smallest absolute Gasteiger partial charge is 0.336 e. The summed E-state index contributed by atoms with van der Waals surface area (Å²) in [6.07, 6.45) is 6.94. The van der Waals surface area contributed by atoms with Crippen molar-refractivity contribution < 1.29 is 19.7 Å². The van der Waals surface area contributed by atoms with Crippen LogP contribution in [-0.2, 0) is 19.4 Å². The maximum atomic E-state index is 11.4. The van der Waals surface area contributed by atoms with Gasteiger partial charge in [0, 0.05) is 25.1 Å². The van der Waals surface area contributed by atoms with Gasteiger partial charge in [0.25, 0.3) is 0 Å². The molecule has 1 atom stereocenters. The van der Waals surface area contributed by atoms with Crippen molar-refractivity contribution in [3.05, 3.63) is 101 Å². The summed E-state index contributed by atoms with van der Waals surface area (Å²) >= 11 is 0. The largest absolute Gasteiger partial charge is 0.489 e. The number of rotatable bonds is 16. The van der Waals surface area contributed by atoms with Crippen LogP contribution in [0.3, 0.4) is 0 Å². The van der Waals surface area contributed by atoms with E-state index >= 15 is 0 Å². The molecule has 36 heavy (non-hydrogen) atoms. The number of aliphatic hydroxyl groups excluding tert-OH is 1. The van der Waals surface area contributed by atoms with Gasteiger partial charge in [-0.25, -0.2) is 4.79 Å². The van der Waals surface area contributed by atoms with Gasteiger partial charge in [0.05, 0.1) is 5.56 Å². The van der Waals surface area contributed by atoms with Crippen LogP contribution in [0.15, 0.2) is 78.9 Å². The van der Waals surface area contributed by atoms with Gasteiger partial charge in [-0.05, 0) is 42.2 Å². The zero-order chi connectivity index (χ0) is 25.6. The molecule has 0 spiro atoms. The predicted octanol–water partition coefficient (Wildman–Crippen LogP) is 6.34. The number of hydrogen-bond donors (Lipinski definition) is 2. The molecule has 0 bridgehead atoms. The number of unbranched alkanes of at least 4 members (excludes halogenated alkanes) is 4. The Balaban J connectivity index is 1.55. The highest BCUT2D eigenvalue weighted by atomic mass is 16.5. The van der Waals surface area contributed by atoms with E-state index < -0.39 is 12.2 Å². The number of aliphatic hydroxyl groups is 1. The number of benzene rings is 3. The van der Waals surface area contributed by atoms with Crippen molar-refractivity contribution in [1.82, 2.24) is 4.90 Å². The van der Waals surface area contributed by atoms with Crippen molar-refractivity contribution in [1.29, 1.82) is 0 Å². The number of carboxylic acids is 1. The zero-order valence-corrected chi connectivity index (χ0v) is 21.3. The van der Waals surface area contributed by atoms with E-state index in [9.17, 15) is 15.0 Å². The summed E-state index contributed by atoms with van der Waals surface area (Å²) in [6, 6.07) is 25.0. The summed E-state index contributed by atoms with van der Waals surface area (Å²) < 4.78 is 5.83. The second-order valence-corrected chi connectivity index (χ2v) is 9.27. The van der Waals surface area contributed by atoms with Crippen LogP contribution < -0.4 is 4.74 Å². The molecule has 3 rings (SSSR count). The predicted molar refractivity (Wildman–Crippen MR) is 144 cm³/mol. The number of carboxylic acid groups (broad SMARTS) is 1. The van der Waals surface area contributed by atoms with E-state index in [1.165, 1.54) is 31.2 Å². The number of hydrogen-bond acceptors (Lipinski definition) is 4. The average molecular weight is 490 g/mol. The SMILES string of the molecule is CCCCCCCN(CCc1ccccc1)C(O)Cc1ccc(OCc2ccccc2C(=O)O)cc1. The first-order valence-electron chi connectivity index (χ1n) is 13.1. The third kappa shape index (κ3) is 9.14. The van der Waals surface area contributed by atoms with Crippen molar-refractivity contribution >= 4 is 5.97 Å². The minimum Gasteiger partial charge on any atom is -0.489 e. The molecule has 3 aromatic carbocycles. The van der Waals surface area contributed by atoms with E-state index in [0.717, 1.165) is 31.5 Å². The summed E-state index contributed by atoms with van der Waals surface area (Å²) in [5, 5.41) is 20.4. The van der Waals surface area contributed by atoms with Gasteiger partial charge in [-0.15, -0.1) is 0 Å². The molecule has 0 amide bonds. The van der Waals surface area contributed by atoms with E-state index in [4.69, 9.17) is 4.74 Å². The fourth-order valence-electron chi connectivity index (χ4n) is 4.32. The molecule has 1 unspecified atom stereocenters. The lowest BCUT2D eigenvalue weighted by atomic mass is 10.1. The third-order valence-corrected chi connectivity index (χ3v) is 6.48. The van der Waals surface area contributed by atoms with Crippen molar-refractivity contribution in [2.24, 2.45) is 0 Å². The highest BCUT2D eigenvalue weighted by Crippen LogP contribution is 2.18. The zero-order valence-electron chi connectivity index (χ0n) is 21.3. The maximum Gasteiger partial charge on any atom is 0.336 e. The van der Waals surface area contributed by atoms with Crippen molar-refractivity contribution in [2.45, 2.75) is 64.7 Å². The van der Waals surface area contributed by atoms with E-state index in [1.54, 1.807) is 18.2 Å². The van der Waals surface area contributed by atoms with Crippen LogP contribution in [0.25, 0.3) is 0 Å². The molecule has 0 fully saturated rings. The summed E-state index contributed by atoms with van der Waals surface area (Å²) in [5.41, 5.74) is 3.21. The quantitative estimate of drug-likeness (QED) is 0.181. The standard InChI is InChI=1S/C31H39NO4/c1-2-3-4-5-11-21-32(22-20-25-12-7-6-8-13-25)30(33)23-26-16-18-28(19-17-26)36-24-27-14-9-10-15-29(27)31(34)35/h6-10,12-19,30,33H,2-5,11,20-24H2,1H3,(H,34,35). The lowest BCUT2D eigenvalue weighted by Gasteiger charge is -2.28. The second kappa shape index (κ2) is 15.1. The van der Waals surface area contributed by atoms with Gasteiger partial charge >= 0.3 is 5.97 Å². The van der Waals surface area contributed by atoms with Crippen LogP contribution >= 0.6 is 0 Å². The number of aromatic carboxylic acids is 1. The van der Waals surface area contributed by atoms with Gasteiger partial charge in [-0.1, -0.05) is 93.3 Å². The molecule has 192 valence electrons. The van der Waals surface area contributed by atoms with Crippen LogP contribution in [0.1, 0.15) is 66.1 Å². The molecule has 0 saturated heterocycles. The molecule has 0 aliphatic heterocycles. The van der Waals surface area contributed by atoms with Gasteiger partial charge in [0.15, 0.2) is 0 Å². The molecule has 0 aliphatic rings. The first-order valence-corrected chi connectivity index (χ1v) is 13.1. The van der Waals surface area contributed by atoms with Gasteiger partial charge in [0.2, 0.25) is 0 Å². The Morgan fingerprint density at radius 3 is 2.25 bits per heavy atom. The summed E-state index contributed by atoms with van der Waals surface area (Å²) in [5.74, 6) is -0.286. The van der Waals surface area contributed by atoms with Gasteiger partial charge < -0.3 is 14.9 Å². The molecule has 3 aromatic rings. The fraction of sp³-hybridized carbons (Fsp3) is 0.387. The Bertz CT molecular complexity index is 1040. The van der Waals surface area contributed by atoms with Gasteiger partial charge in [0.1, 0.15) is 18.6 Å². The normalized spacial score (nSPS) is 12.0. The van der Waals surface area contributed by atoms with E-state index in [-0.39, 0.29) is 12.2 Å². The lowest BCUT2D eigenvalue weighted by Crippen LogP contribution is -2.39. The van der Waals surface area contributed by atoms with E-state index in [1.807, 2.05) is 36.4 Å². The highest BCUT2D eigenvalue weighted by molar-refractivity contribution is 5.89. The molecule has 2 N–H and O–H groups in total. The minimum atomic E-state index is -0.958. The molecule has 0 saturated carbocycles. The molecule has 0 aliphatic carbocycles. The Labute approximate surface area is 215 Å². The number of nitrogens with zero attached hydrogens (tertiary/aromatic N) is 1. The summed E-state index contributed by atoms with van der Waals surface area (Å²) in [7, 11) is 0. The van der Waals surface area contributed by atoms with E-state index in [2.05, 4.69) is 36.1 Å². The maximum absolute atomic E-state index is 11.4. The minimum absolute atomic E-state index is 0.190. The van der Waals surface area contributed by atoms with Gasteiger partial charge in [-0.2, -0.15) is 0 Å². The molecule has 5 heteroatoms. The Morgan fingerprint density at radius 1 is 0.833 bits per heavy atom. The Morgan fingerprint density at radius 2 is 1.53 bits per heavy atom. The molecule has 5 nitrogen and oxygen atoms in total. The topological polar surface area (TPSA) is 70.0 Å².